The van der Waals surface area contributed by atoms with E-state index in [-0.39, 0.29) is 11.7 Å². The van der Waals surface area contributed by atoms with Crippen molar-refractivity contribution in [2.45, 2.75) is 6.92 Å². The van der Waals surface area contributed by atoms with E-state index in [1.807, 2.05) is 97.9 Å². The molecule has 0 aliphatic rings. The number of carbonyl (C=O) groups is 1. The van der Waals surface area contributed by atoms with E-state index in [2.05, 4.69) is 5.32 Å². The number of nitrogens with zero attached hydrogens (tertiary/aromatic N) is 2. The smallest absolute Gasteiger partial charge is 0.259 e. The average Bonchev–Trinajstić information content (AvgIpc) is 3.36. The number of hydrogen-bond acceptors (Lipinski definition) is 4. The third kappa shape index (κ3) is 5.90. The molecule has 7 heteroatoms. The van der Waals surface area contributed by atoms with Gasteiger partial charge in [-0.25, -0.2) is 9.07 Å². The summed E-state index contributed by atoms with van der Waals surface area (Å²) in [5, 5.41) is 7.87. The number of halogens is 1. The number of anilines is 1. The van der Waals surface area contributed by atoms with Crippen molar-refractivity contribution in [2.75, 3.05) is 5.32 Å². The van der Waals surface area contributed by atoms with E-state index in [1.165, 1.54) is 24.3 Å². The van der Waals surface area contributed by atoms with Gasteiger partial charge in [0.15, 0.2) is 0 Å². The molecule has 0 atom stereocenters. The van der Waals surface area contributed by atoms with E-state index < -0.39 is 0 Å². The third-order valence-electron chi connectivity index (χ3n) is 6.56. The van der Waals surface area contributed by atoms with Gasteiger partial charge in [-0.3, -0.25) is 4.79 Å². The molecule has 1 heterocycles. The van der Waals surface area contributed by atoms with Crippen LogP contribution in [0.4, 0.5) is 10.1 Å². The predicted octanol–water partition coefficient (Wildman–Crippen LogP) is 8.82. The Labute approximate surface area is 242 Å². The van der Waals surface area contributed by atoms with Gasteiger partial charge < -0.3 is 14.8 Å². The lowest BCUT2D eigenvalue weighted by atomic mass is 10.1. The van der Waals surface area contributed by atoms with Crippen LogP contribution in [0.15, 0.2) is 133 Å². The summed E-state index contributed by atoms with van der Waals surface area (Å²) in [6.45, 7) is 1.87. The van der Waals surface area contributed by atoms with E-state index in [9.17, 15) is 9.18 Å². The minimum absolute atomic E-state index is 0.335. The van der Waals surface area contributed by atoms with Crippen LogP contribution in [-0.4, -0.2) is 15.7 Å². The molecule has 0 fully saturated rings. The predicted molar refractivity (Wildman–Crippen MR) is 161 cm³/mol. The van der Waals surface area contributed by atoms with E-state index >= 15 is 0 Å². The summed E-state index contributed by atoms with van der Waals surface area (Å²) >= 11 is 0. The maximum atomic E-state index is 14.0. The first-order chi connectivity index (χ1) is 20.5. The molecule has 6 aromatic rings. The summed E-state index contributed by atoms with van der Waals surface area (Å²) in [6, 6.07) is 39.4. The van der Waals surface area contributed by atoms with Gasteiger partial charge >= 0.3 is 0 Å². The summed E-state index contributed by atoms with van der Waals surface area (Å²) in [5.74, 6) is 1.23. The number of aromatic nitrogens is 2. The number of ether oxygens (including phenoxy) is 2. The highest BCUT2D eigenvalue weighted by Gasteiger charge is 2.23. The standard InChI is InChI=1S/C35H26FN3O3/c1-24-33(34(25-11-5-2-6-12-25)38-39(24)28-13-7-3-8-14-28)35(40)37-27-21-31(41-29-15-9-4-10-16-29)23-32(22-27)42-30-19-17-26(36)18-20-30/h2-23H,1H3,(H,37,40). The lowest BCUT2D eigenvalue weighted by Gasteiger charge is -2.13. The Kier molecular flexibility index (Phi) is 7.46. The molecule has 6 nitrogen and oxygen atoms in total. The Morgan fingerprint density at radius 1 is 0.690 bits per heavy atom. The molecule has 6 rings (SSSR count). The first kappa shape index (κ1) is 26.5. The minimum atomic E-state index is -0.364. The fourth-order valence-electron chi connectivity index (χ4n) is 4.61. The topological polar surface area (TPSA) is 65.4 Å². The van der Waals surface area contributed by atoms with Gasteiger partial charge in [0.1, 0.15) is 34.5 Å². The Hall–Kier alpha value is -5.69. The van der Waals surface area contributed by atoms with Crippen molar-refractivity contribution in [1.82, 2.24) is 9.78 Å². The average molecular weight is 556 g/mol. The van der Waals surface area contributed by atoms with Crippen molar-refractivity contribution in [2.24, 2.45) is 0 Å². The molecule has 1 amide bonds. The van der Waals surface area contributed by atoms with Gasteiger partial charge in [0.25, 0.3) is 5.91 Å². The minimum Gasteiger partial charge on any atom is -0.457 e. The fraction of sp³-hybridized carbons (Fsp3) is 0.0286. The second-order valence-corrected chi connectivity index (χ2v) is 9.54. The Balaban J connectivity index is 1.38. The van der Waals surface area contributed by atoms with Gasteiger partial charge in [-0.2, -0.15) is 5.10 Å². The van der Waals surface area contributed by atoms with Crippen LogP contribution in [0.1, 0.15) is 16.1 Å². The van der Waals surface area contributed by atoms with Crippen LogP contribution in [0.5, 0.6) is 23.0 Å². The van der Waals surface area contributed by atoms with E-state index in [1.54, 1.807) is 22.9 Å². The molecule has 206 valence electrons. The van der Waals surface area contributed by atoms with Crippen molar-refractivity contribution < 1.29 is 18.7 Å². The Morgan fingerprint density at radius 3 is 1.86 bits per heavy atom. The van der Waals surface area contributed by atoms with Gasteiger partial charge in [-0.15, -0.1) is 0 Å². The number of carbonyl (C=O) groups excluding carboxylic acids is 1. The monoisotopic (exact) mass is 555 g/mol. The van der Waals surface area contributed by atoms with Gasteiger partial charge in [-0.05, 0) is 55.5 Å². The number of hydrogen-bond donors (Lipinski definition) is 1. The van der Waals surface area contributed by atoms with Crippen LogP contribution in [-0.2, 0) is 0 Å². The van der Waals surface area contributed by atoms with Crippen LogP contribution in [0.25, 0.3) is 16.9 Å². The molecule has 5 aromatic carbocycles. The molecule has 0 unspecified atom stereocenters. The van der Waals surface area contributed by atoms with Gasteiger partial charge in [0.2, 0.25) is 0 Å². The molecule has 0 spiro atoms. The van der Waals surface area contributed by atoms with Crippen molar-refractivity contribution in [1.29, 1.82) is 0 Å². The molecule has 0 saturated carbocycles. The zero-order valence-electron chi connectivity index (χ0n) is 22.7. The zero-order valence-corrected chi connectivity index (χ0v) is 22.7. The number of nitrogens with one attached hydrogen (secondary N) is 1. The molecule has 1 N–H and O–H groups in total. The third-order valence-corrected chi connectivity index (χ3v) is 6.56. The molecular weight excluding hydrogens is 529 g/mol. The maximum absolute atomic E-state index is 14.0. The van der Waals surface area contributed by atoms with Crippen LogP contribution in [0, 0.1) is 12.7 Å². The molecule has 0 bridgehead atoms. The highest BCUT2D eigenvalue weighted by molar-refractivity contribution is 6.09. The summed E-state index contributed by atoms with van der Waals surface area (Å²) < 4.78 is 27.3. The molecular formula is C35H26FN3O3. The van der Waals surface area contributed by atoms with Gasteiger partial charge in [0, 0.05) is 29.4 Å². The number of para-hydroxylation sites is 2. The first-order valence-corrected chi connectivity index (χ1v) is 13.4. The molecule has 0 saturated heterocycles. The van der Waals surface area contributed by atoms with E-state index in [0.29, 0.717) is 45.6 Å². The second kappa shape index (κ2) is 11.8. The normalized spacial score (nSPS) is 10.7. The van der Waals surface area contributed by atoms with Crippen molar-refractivity contribution in [3.8, 4) is 39.9 Å². The van der Waals surface area contributed by atoms with Crippen LogP contribution < -0.4 is 14.8 Å². The number of amides is 1. The molecule has 0 aliphatic heterocycles. The quantitative estimate of drug-likeness (QED) is 0.204. The molecule has 42 heavy (non-hydrogen) atoms. The number of benzene rings is 5. The van der Waals surface area contributed by atoms with E-state index in [4.69, 9.17) is 14.6 Å². The zero-order chi connectivity index (χ0) is 28.9. The van der Waals surface area contributed by atoms with E-state index in [0.717, 1.165) is 11.3 Å². The molecule has 0 aliphatic carbocycles. The second-order valence-electron chi connectivity index (χ2n) is 9.54. The Bertz CT molecular complexity index is 1820. The summed E-state index contributed by atoms with van der Waals surface area (Å²) in [4.78, 5) is 14.0. The highest BCUT2D eigenvalue weighted by atomic mass is 19.1. The summed E-state index contributed by atoms with van der Waals surface area (Å²) in [7, 11) is 0. The largest absolute Gasteiger partial charge is 0.457 e. The fourth-order valence-corrected chi connectivity index (χ4v) is 4.61. The van der Waals surface area contributed by atoms with Gasteiger partial charge in [0.05, 0.1) is 16.9 Å². The first-order valence-electron chi connectivity index (χ1n) is 13.4. The lowest BCUT2D eigenvalue weighted by Crippen LogP contribution is -2.14. The number of rotatable bonds is 8. The van der Waals surface area contributed by atoms with Crippen molar-refractivity contribution >= 4 is 11.6 Å². The summed E-state index contributed by atoms with van der Waals surface area (Å²) in [5.41, 5.74) is 3.82. The lowest BCUT2D eigenvalue weighted by molar-refractivity contribution is 0.102. The van der Waals surface area contributed by atoms with Crippen molar-refractivity contribution in [3.63, 3.8) is 0 Å². The van der Waals surface area contributed by atoms with Crippen molar-refractivity contribution in [3.05, 3.63) is 151 Å². The van der Waals surface area contributed by atoms with Gasteiger partial charge in [-0.1, -0.05) is 66.7 Å². The van der Waals surface area contributed by atoms with Crippen LogP contribution in [0.3, 0.4) is 0 Å². The Morgan fingerprint density at radius 2 is 1.24 bits per heavy atom. The van der Waals surface area contributed by atoms with Crippen LogP contribution >= 0.6 is 0 Å². The van der Waals surface area contributed by atoms with Crippen LogP contribution in [0.2, 0.25) is 0 Å². The highest BCUT2D eigenvalue weighted by Crippen LogP contribution is 2.34. The molecule has 1 aromatic heterocycles. The summed E-state index contributed by atoms with van der Waals surface area (Å²) in [6.07, 6.45) is 0. The molecule has 0 radical (unpaired) electrons. The SMILES string of the molecule is Cc1c(C(=O)Nc2cc(Oc3ccccc3)cc(Oc3ccc(F)cc3)c2)c(-c2ccccc2)nn1-c1ccccc1. The maximum Gasteiger partial charge on any atom is 0.259 e.